The first kappa shape index (κ1) is 12.4. The van der Waals surface area contributed by atoms with E-state index in [9.17, 15) is 4.39 Å². The van der Waals surface area contributed by atoms with Crippen molar-refractivity contribution in [1.82, 2.24) is 0 Å². The van der Waals surface area contributed by atoms with Gasteiger partial charge in [0.1, 0.15) is 5.82 Å². The lowest BCUT2D eigenvalue weighted by molar-refractivity contribution is 0.627. The SMILES string of the molecule is NCc1ccc(F)cc1-c1c(Cl)cccc1Cl. The fraction of sp³-hybridized carbons (Fsp3) is 0.0769. The molecule has 2 aromatic carbocycles. The van der Waals surface area contributed by atoms with E-state index in [0.717, 1.165) is 5.56 Å². The van der Waals surface area contributed by atoms with Gasteiger partial charge in [0.2, 0.25) is 0 Å². The summed E-state index contributed by atoms with van der Waals surface area (Å²) in [7, 11) is 0. The molecule has 2 rings (SSSR count). The third-order valence-electron chi connectivity index (χ3n) is 2.52. The van der Waals surface area contributed by atoms with E-state index in [0.29, 0.717) is 27.7 Å². The van der Waals surface area contributed by atoms with Crippen LogP contribution in [-0.2, 0) is 6.54 Å². The first-order chi connectivity index (χ1) is 8.13. The molecule has 0 heterocycles. The molecule has 2 N–H and O–H groups in total. The fourth-order valence-electron chi connectivity index (χ4n) is 1.71. The van der Waals surface area contributed by atoms with Crippen LogP contribution in [0.2, 0.25) is 10.0 Å². The Bertz CT molecular complexity index is 535. The molecular weight excluding hydrogens is 260 g/mol. The maximum absolute atomic E-state index is 13.3. The van der Waals surface area contributed by atoms with Gasteiger partial charge in [0.05, 0.1) is 0 Å². The Labute approximate surface area is 109 Å². The van der Waals surface area contributed by atoms with Crippen molar-refractivity contribution in [3.63, 3.8) is 0 Å². The quantitative estimate of drug-likeness (QED) is 0.866. The van der Waals surface area contributed by atoms with Crippen LogP contribution >= 0.6 is 23.2 Å². The van der Waals surface area contributed by atoms with Gasteiger partial charge in [0.25, 0.3) is 0 Å². The summed E-state index contributed by atoms with van der Waals surface area (Å²) in [6.07, 6.45) is 0. The first-order valence-corrected chi connectivity index (χ1v) is 5.82. The Morgan fingerprint density at radius 3 is 2.29 bits per heavy atom. The van der Waals surface area contributed by atoms with Crippen LogP contribution in [0.5, 0.6) is 0 Å². The van der Waals surface area contributed by atoms with Crippen LogP contribution in [0.15, 0.2) is 36.4 Å². The van der Waals surface area contributed by atoms with E-state index in [4.69, 9.17) is 28.9 Å². The summed E-state index contributed by atoms with van der Waals surface area (Å²) in [6.45, 7) is 0.303. The Hall–Kier alpha value is -1.09. The minimum absolute atomic E-state index is 0.303. The van der Waals surface area contributed by atoms with Gasteiger partial charge in [-0.3, -0.25) is 0 Å². The normalized spacial score (nSPS) is 10.6. The summed E-state index contributed by atoms with van der Waals surface area (Å²) in [5.74, 6) is -0.340. The highest BCUT2D eigenvalue weighted by molar-refractivity contribution is 6.39. The van der Waals surface area contributed by atoms with E-state index in [-0.39, 0.29) is 5.82 Å². The van der Waals surface area contributed by atoms with E-state index in [1.54, 1.807) is 24.3 Å². The highest BCUT2D eigenvalue weighted by atomic mass is 35.5. The molecule has 1 nitrogen and oxygen atoms in total. The van der Waals surface area contributed by atoms with Crippen molar-refractivity contribution in [2.24, 2.45) is 5.73 Å². The van der Waals surface area contributed by atoms with Crippen molar-refractivity contribution < 1.29 is 4.39 Å². The zero-order chi connectivity index (χ0) is 12.4. The predicted octanol–water partition coefficient (Wildman–Crippen LogP) is 4.26. The van der Waals surface area contributed by atoms with Gasteiger partial charge in [-0.1, -0.05) is 35.3 Å². The molecule has 0 unspecified atom stereocenters. The molecule has 0 saturated heterocycles. The van der Waals surface area contributed by atoms with Crippen LogP contribution < -0.4 is 5.73 Å². The van der Waals surface area contributed by atoms with Crippen LogP contribution in [0.4, 0.5) is 4.39 Å². The summed E-state index contributed by atoms with van der Waals surface area (Å²) in [5, 5.41) is 0.968. The molecule has 0 aliphatic heterocycles. The van der Waals surface area contributed by atoms with Crippen LogP contribution in [0.25, 0.3) is 11.1 Å². The van der Waals surface area contributed by atoms with Crippen molar-refractivity contribution in [2.75, 3.05) is 0 Å². The summed E-state index contributed by atoms with van der Waals surface area (Å²) in [6, 6.07) is 9.59. The molecule has 0 atom stereocenters. The lowest BCUT2D eigenvalue weighted by Gasteiger charge is -2.11. The molecule has 4 heteroatoms. The lowest BCUT2D eigenvalue weighted by Crippen LogP contribution is -2.00. The average Bonchev–Trinajstić information content (AvgIpc) is 2.29. The van der Waals surface area contributed by atoms with Crippen LogP contribution in [0.1, 0.15) is 5.56 Å². The van der Waals surface area contributed by atoms with Crippen molar-refractivity contribution in [3.8, 4) is 11.1 Å². The molecule has 0 fully saturated rings. The standard InChI is InChI=1S/C13H10Cl2FN/c14-11-2-1-3-12(15)13(11)10-6-9(16)5-4-8(10)7-17/h1-6H,7,17H2. The van der Waals surface area contributed by atoms with Gasteiger partial charge in [0.15, 0.2) is 0 Å². The number of hydrogen-bond acceptors (Lipinski definition) is 1. The molecule has 0 spiro atoms. The zero-order valence-electron chi connectivity index (χ0n) is 8.88. The topological polar surface area (TPSA) is 26.0 Å². The minimum Gasteiger partial charge on any atom is -0.326 e. The number of halogens is 3. The van der Waals surface area contributed by atoms with Crippen LogP contribution in [0.3, 0.4) is 0 Å². The Morgan fingerprint density at radius 2 is 1.71 bits per heavy atom. The highest BCUT2D eigenvalue weighted by Crippen LogP contribution is 2.36. The van der Waals surface area contributed by atoms with E-state index >= 15 is 0 Å². The van der Waals surface area contributed by atoms with Crippen molar-refractivity contribution >= 4 is 23.2 Å². The highest BCUT2D eigenvalue weighted by Gasteiger charge is 2.12. The summed E-state index contributed by atoms with van der Waals surface area (Å²) >= 11 is 12.2. The van der Waals surface area contributed by atoms with Gasteiger partial charge >= 0.3 is 0 Å². The molecule has 0 aliphatic carbocycles. The summed E-state index contributed by atoms with van der Waals surface area (Å²) in [5.41, 5.74) is 7.70. The number of hydrogen-bond donors (Lipinski definition) is 1. The molecule has 0 aliphatic rings. The second kappa shape index (κ2) is 5.05. The van der Waals surface area contributed by atoms with E-state index < -0.39 is 0 Å². The summed E-state index contributed by atoms with van der Waals surface area (Å²) < 4.78 is 13.3. The largest absolute Gasteiger partial charge is 0.326 e. The van der Waals surface area contributed by atoms with Gasteiger partial charge < -0.3 is 5.73 Å². The lowest BCUT2D eigenvalue weighted by atomic mass is 9.99. The van der Waals surface area contributed by atoms with E-state index in [1.807, 2.05) is 0 Å². The van der Waals surface area contributed by atoms with E-state index in [2.05, 4.69) is 0 Å². The van der Waals surface area contributed by atoms with Gasteiger partial charge in [-0.05, 0) is 35.4 Å². The molecule has 0 bridgehead atoms. The van der Waals surface area contributed by atoms with Crippen LogP contribution in [0, 0.1) is 5.82 Å². The first-order valence-electron chi connectivity index (χ1n) is 5.06. The smallest absolute Gasteiger partial charge is 0.123 e. The van der Waals surface area contributed by atoms with Gasteiger partial charge in [0, 0.05) is 22.2 Å². The van der Waals surface area contributed by atoms with Gasteiger partial charge in [-0.15, -0.1) is 0 Å². The van der Waals surface area contributed by atoms with Crippen molar-refractivity contribution in [2.45, 2.75) is 6.54 Å². The maximum Gasteiger partial charge on any atom is 0.123 e. The Balaban J connectivity index is 2.71. The van der Waals surface area contributed by atoms with Crippen molar-refractivity contribution in [1.29, 1.82) is 0 Å². The molecule has 88 valence electrons. The molecule has 2 aromatic rings. The van der Waals surface area contributed by atoms with Gasteiger partial charge in [-0.25, -0.2) is 4.39 Å². The number of rotatable bonds is 2. The molecular formula is C13H10Cl2FN. The van der Waals surface area contributed by atoms with Gasteiger partial charge in [-0.2, -0.15) is 0 Å². The Kier molecular flexibility index (Phi) is 3.67. The third-order valence-corrected chi connectivity index (χ3v) is 3.15. The van der Waals surface area contributed by atoms with Crippen molar-refractivity contribution in [3.05, 3.63) is 57.8 Å². The fourth-order valence-corrected chi connectivity index (χ4v) is 2.32. The second-order valence-corrected chi connectivity index (χ2v) is 4.42. The maximum atomic E-state index is 13.3. The zero-order valence-corrected chi connectivity index (χ0v) is 10.4. The third kappa shape index (κ3) is 2.44. The monoisotopic (exact) mass is 269 g/mol. The summed E-state index contributed by atoms with van der Waals surface area (Å²) in [4.78, 5) is 0. The number of benzene rings is 2. The average molecular weight is 270 g/mol. The van der Waals surface area contributed by atoms with E-state index in [1.165, 1.54) is 12.1 Å². The number of nitrogens with two attached hydrogens (primary N) is 1. The molecule has 17 heavy (non-hydrogen) atoms. The van der Waals surface area contributed by atoms with Crippen LogP contribution in [-0.4, -0.2) is 0 Å². The Morgan fingerprint density at radius 1 is 1.06 bits per heavy atom. The minimum atomic E-state index is -0.340. The predicted molar refractivity (Wildman–Crippen MR) is 69.7 cm³/mol. The second-order valence-electron chi connectivity index (χ2n) is 3.60. The molecule has 0 radical (unpaired) electrons. The molecule has 0 aromatic heterocycles. The molecule has 0 saturated carbocycles. The molecule has 0 amide bonds.